The molecule has 1 aliphatic carbocycles. The van der Waals surface area contributed by atoms with Gasteiger partial charge in [-0.05, 0) is 56.6 Å². The first-order valence-corrected chi connectivity index (χ1v) is 15.8. The number of aromatic nitrogens is 3. The number of hydrogen-bond donors (Lipinski definition) is 3. The lowest BCUT2D eigenvalue weighted by atomic mass is 9.73. The third-order valence-corrected chi connectivity index (χ3v) is 10.9. The minimum atomic E-state index is -3.32. The number of nitrogens with zero attached hydrogens (tertiary/aromatic N) is 5. The molecule has 1 fully saturated rings. The maximum absolute atomic E-state index is 14.7. The summed E-state index contributed by atoms with van der Waals surface area (Å²) in [6, 6.07) is 8.31. The van der Waals surface area contributed by atoms with Crippen LogP contribution in [0.1, 0.15) is 71.8 Å². The van der Waals surface area contributed by atoms with Crippen LogP contribution in [-0.4, -0.2) is 54.3 Å². The van der Waals surface area contributed by atoms with Crippen molar-refractivity contribution >= 4 is 45.0 Å². The predicted molar refractivity (Wildman–Crippen MR) is 159 cm³/mol. The van der Waals surface area contributed by atoms with E-state index in [0.29, 0.717) is 18.9 Å². The van der Waals surface area contributed by atoms with Crippen LogP contribution in [0.25, 0.3) is 0 Å². The summed E-state index contributed by atoms with van der Waals surface area (Å²) in [5, 5.41) is 0.0343. The molecule has 2 atom stereocenters. The number of thiazole rings is 1. The molecule has 1 saturated heterocycles. The molecule has 42 heavy (non-hydrogen) atoms. The minimum Gasteiger partial charge on any atom is -0.382 e. The molecule has 0 bridgehead atoms. The van der Waals surface area contributed by atoms with Gasteiger partial charge in [0, 0.05) is 13.1 Å². The van der Waals surface area contributed by atoms with Crippen molar-refractivity contribution in [3.63, 3.8) is 0 Å². The molecule has 1 spiro atoms. The normalized spacial score (nSPS) is 21.7. The number of halogens is 2. The fourth-order valence-corrected chi connectivity index (χ4v) is 8.06. The summed E-state index contributed by atoms with van der Waals surface area (Å²) in [5.41, 5.74) is 13.7. The van der Waals surface area contributed by atoms with Crippen molar-refractivity contribution in [3.8, 4) is 0 Å². The summed E-state index contributed by atoms with van der Waals surface area (Å²) in [6.45, 7) is 6.35. The quantitative estimate of drug-likeness (QED) is 0.402. The van der Waals surface area contributed by atoms with E-state index >= 15 is 0 Å². The lowest BCUT2D eigenvalue weighted by Crippen LogP contribution is -2.48. The Bertz CT molecular complexity index is 1570. The molecule has 4 heterocycles. The number of carbonyl (C=O) groups excluding carboxylic acids is 1. The van der Waals surface area contributed by atoms with E-state index in [1.54, 1.807) is 0 Å². The topological polar surface area (TPSA) is 143 Å². The summed E-state index contributed by atoms with van der Waals surface area (Å²) in [7, 11) is -1.23. The maximum atomic E-state index is 14.7. The highest BCUT2D eigenvalue weighted by Gasteiger charge is 2.49. The Kier molecular flexibility index (Phi) is 7.01. The highest BCUT2D eigenvalue weighted by atomic mass is 32.2. The van der Waals surface area contributed by atoms with Crippen LogP contribution in [-0.2, 0) is 29.9 Å². The highest BCUT2D eigenvalue weighted by molar-refractivity contribution is 7.84. The Balaban J connectivity index is 1.18. The Morgan fingerprint density at radius 1 is 1.17 bits per heavy atom. The third-order valence-electron chi connectivity index (χ3n) is 8.45. The van der Waals surface area contributed by atoms with E-state index in [1.165, 1.54) is 17.3 Å². The minimum absolute atomic E-state index is 0.0343. The third kappa shape index (κ3) is 5.02. The number of nitrogen functional groups attached to an aromatic ring is 2. The summed E-state index contributed by atoms with van der Waals surface area (Å²) in [6.07, 6.45) is 4.02. The largest absolute Gasteiger partial charge is 0.382 e. The average molecular weight is 617 g/mol. The van der Waals surface area contributed by atoms with Crippen molar-refractivity contribution in [1.29, 1.82) is 0 Å². The van der Waals surface area contributed by atoms with Crippen LogP contribution in [0.3, 0.4) is 0 Å². The second-order valence-corrected chi connectivity index (χ2v) is 15.4. The molecule has 0 radical (unpaired) electrons. The number of nitrogens with two attached hydrogens (primary N) is 2. The van der Waals surface area contributed by atoms with Crippen LogP contribution in [0.5, 0.6) is 0 Å². The van der Waals surface area contributed by atoms with Crippen LogP contribution >= 0.6 is 11.3 Å². The van der Waals surface area contributed by atoms with E-state index in [2.05, 4.69) is 36.7 Å². The molecule has 2 aliphatic heterocycles. The van der Waals surface area contributed by atoms with E-state index in [4.69, 9.17) is 11.5 Å². The summed E-state index contributed by atoms with van der Waals surface area (Å²) in [4.78, 5) is 29.0. The van der Waals surface area contributed by atoms with Gasteiger partial charge in [-0.2, -0.15) is 8.78 Å². The van der Waals surface area contributed by atoms with Crippen LogP contribution in [0.4, 0.5) is 25.5 Å². The summed E-state index contributed by atoms with van der Waals surface area (Å²) >= 11 is 0.940. The second-order valence-electron chi connectivity index (χ2n) is 12.3. The van der Waals surface area contributed by atoms with Crippen LogP contribution < -0.4 is 21.1 Å². The standard InChI is InChI=1S/C28H34F2N8O2S2/c1-26(2,3)42(40)36-21-17-7-5-4-6-16(17)12-27(21)8-10-37(11-9-27)19-13-33-20(23(31)34-19)24(39)38-14-18-22(28(29,30)15-38)35-25(32)41-18/h4-7,13,21,36H,8-12,14-15H2,1-3H3,(H2,31,34)(H2,32,35)/t21?,42-/m1/s1. The zero-order valence-corrected chi connectivity index (χ0v) is 25.3. The molecule has 14 heteroatoms. The number of amides is 1. The molecule has 3 aromatic rings. The molecule has 10 nitrogen and oxygen atoms in total. The molecule has 224 valence electrons. The molecular formula is C28H34F2N8O2S2. The monoisotopic (exact) mass is 616 g/mol. The SMILES string of the molecule is CC(C)(C)[S@@](=O)NC1c2ccccc2CC12CCN(c1cnc(C(=O)N3Cc4sc(N)nc4C(F)(F)C3)c(N)n1)CC2. The van der Waals surface area contributed by atoms with Crippen molar-refractivity contribution in [1.82, 2.24) is 24.6 Å². The van der Waals surface area contributed by atoms with Gasteiger partial charge in [0.1, 0.15) is 11.5 Å². The first-order chi connectivity index (χ1) is 19.8. The van der Waals surface area contributed by atoms with Gasteiger partial charge in [-0.15, -0.1) is 0 Å². The highest BCUT2D eigenvalue weighted by Crippen LogP contribution is 2.52. The van der Waals surface area contributed by atoms with Gasteiger partial charge in [0.15, 0.2) is 16.6 Å². The van der Waals surface area contributed by atoms with Crippen LogP contribution in [0.15, 0.2) is 30.5 Å². The van der Waals surface area contributed by atoms with E-state index < -0.39 is 34.1 Å². The van der Waals surface area contributed by atoms with Gasteiger partial charge in [0.05, 0.1) is 45.9 Å². The van der Waals surface area contributed by atoms with Gasteiger partial charge < -0.3 is 21.3 Å². The zero-order chi connectivity index (χ0) is 30.0. The lowest BCUT2D eigenvalue weighted by molar-refractivity contribution is -0.0478. The number of alkyl halides is 2. The maximum Gasteiger partial charge on any atom is 0.308 e. The number of fused-ring (bicyclic) bond motifs is 2. The Labute approximate surface area is 249 Å². The van der Waals surface area contributed by atoms with Gasteiger partial charge in [-0.1, -0.05) is 35.6 Å². The fourth-order valence-electron chi connectivity index (χ4n) is 6.22. The molecule has 5 N–H and O–H groups in total. The van der Waals surface area contributed by atoms with Crippen molar-refractivity contribution in [3.05, 3.63) is 57.9 Å². The van der Waals surface area contributed by atoms with Crippen molar-refractivity contribution < 1.29 is 17.8 Å². The fraction of sp³-hybridized carbons (Fsp3) is 0.500. The molecule has 3 aliphatic rings. The molecule has 2 aromatic heterocycles. The summed E-state index contributed by atoms with van der Waals surface area (Å²) < 4.78 is 45.6. The summed E-state index contributed by atoms with van der Waals surface area (Å²) in [5.74, 6) is -3.62. The van der Waals surface area contributed by atoms with E-state index in [-0.39, 0.29) is 45.2 Å². The Hall–Kier alpha value is -3.23. The molecule has 1 aromatic carbocycles. The van der Waals surface area contributed by atoms with E-state index in [0.717, 1.165) is 35.5 Å². The van der Waals surface area contributed by atoms with Gasteiger partial charge in [-0.25, -0.2) is 23.9 Å². The number of nitrogens with one attached hydrogen (secondary N) is 1. The molecule has 1 unspecified atom stereocenters. The molecular weight excluding hydrogens is 582 g/mol. The van der Waals surface area contributed by atoms with E-state index in [9.17, 15) is 17.8 Å². The smallest absolute Gasteiger partial charge is 0.308 e. The first kappa shape index (κ1) is 28.9. The van der Waals surface area contributed by atoms with Crippen LogP contribution in [0, 0.1) is 5.41 Å². The number of hydrogen-bond acceptors (Lipinski definition) is 9. The Morgan fingerprint density at radius 2 is 1.88 bits per heavy atom. The second kappa shape index (κ2) is 10.2. The van der Waals surface area contributed by atoms with Gasteiger partial charge in [0.2, 0.25) is 0 Å². The number of piperidine rings is 1. The van der Waals surface area contributed by atoms with Gasteiger partial charge in [-0.3, -0.25) is 4.79 Å². The van der Waals surface area contributed by atoms with Crippen molar-refractivity contribution in [2.75, 3.05) is 36.0 Å². The number of anilines is 3. The number of carbonyl (C=O) groups is 1. The zero-order valence-electron chi connectivity index (χ0n) is 23.7. The van der Waals surface area contributed by atoms with Gasteiger partial charge >= 0.3 is 5.92 Å². The number of benzene rings is 1. The average Bonchev–Trinajstić information content (AvgIpc) is 3.45. The van der Waals surface area contributed by atoms with E-state index in [1.807, 2.05) is 32.9 Å². The molecule has 1 amide bonds. The lowest BCUT2D eigenvalue weighted by Gasteiger charge is -2.44. The molecule has 0 saturated carbocycles. The first-order valence-electron chi connectivity index (χ1n) is 13.8. The van der Waals surface area contributed by atoms with Crippen LogP contribution in [0.2, 0.25) is 0 Å². The Morgan fingerprint density at radius 3 is 2.57 bits per heavy atom. The van der Waals surface area contributed by atoms with Crippen molar-refractivity contribution in [2.45, 2.75) is 63.3 Å². The van der Waals surface area contributed by atoms with Crippen molar-refractivity contribution in [2.24, 2.45) is 5.41 Å². The van der Waals surface area contributed by atoms with Gasteiger partial charge in [0.25, 0.3) is 5.91 Å². The number of rotatable bonds is 4. The predicted octanol–water partition coefficient (Wildman–Crippen LogP) is 3.78. The molecule has 6 rings (SSSR count).